The summed E-state index contributed by atoms with van der Waals surface area (Å²) < 4.78 is 0. The lowest BCUT2D eigenvalue weighted by Gasteiger charge is -2.26. The van der Waals surface area contributed by atoms with E-state index in [-0.39, 0.29) is 0 Å². The normalized spacial score (nSPS) is 16.9. The third kappa shape index (κ3) is 2.80. The molecule has 0 N–H and O–H groups in total. The lowest BCUT2D eigenvalue weighted by molar-refractivity contribution is -0.109. The van der Waals surface area contributed by atoms with Crippen LogP contribution in [0.25, 0.3) is 0 Å². The minimum absolute atomic E-state index is 0.500. The monoisotopic (exact) mass is 317 g/mol. The number of amidine groups is 1. The number of carbonyl (C=O) groups is 1. The SMILES string of the molecule is CN(C1=NC(C=O)c2cnccc2S1)c1ccc(Cl)cc1. The van der Waals surface area contributed by atoms with Gasteiger partial charge in [0.05, 0.1) is 0 Å². The molecule has 21 heavy (non-hydrogen) atoms. The Kier molecular flexibility index (Phi) is 3.94. The highest BCUT2D eigenvalue weighted by Crippen LogP contribution is 2.36. The molecule has 1 unspecified atom stereocenters. The van der Waals surface area contributed by atoms with Crippen LogP contribution >= 0.6 is 23.4 Å². The van der Waals surface area contributed by atoms with Gasteiger partial charge in [0.15, 0.2) is 5.17 Å². The van der Waals surface area contributed by atoms with E-state index in [0.717, 1.165) is 27.6 Å². The Morgan fingerprint density at radius 1 is 1.29 bits per heavy atom. The molecule has 1 aliphatic heterocycles. The van der Waals surface area contributed by atoms with E-state index in [4.69, 9.17) is 11.6 Å². The molecular weight excluding hydrogens is 306 g/mol. The summed E-state index contributed by atoms with van der Waals surface area (Å²) in [5.41, 5.74) is 1.82. The molecule has 3 rings (SSSR count). The van der Waals surface area contributed by atoms with Crippen molar-refractivity contribution in [2.75, 3.05) is 11.9 Å². The molecule has 2 aromatic rings. The second kappa shape index (κ2) is 5.87. The molecule has 0 amide bonds. The van der Waals surface area contributed by atoms with E-state index >= 15 is 0 Å². The van der Waals surface area contributed by atoms with E-state index in [1.54, 1.807) is 12.4 Å². The number of thioether (sulfide) groups is 1. The average Bonchev–Trinajstić information content (AvgIpc) is 2.53. The van der Waals surface area contributed by atoms with Gasteiger partial charge in [0, 0.05) is 40.6 Å². The maximum absolute atomic E-state index is 11.3. The molecule has 0 radical (unpaired) electrons. The highest BCUT2D eigenvalue weighted by Gasteiger charge is 2.24. The first kappa shape index (κ1) is 14.1. The van der Waals surface area contributed by atoms with Gasteiger partial charge < -0.3 is 9.69 Å². The summed E-state index contributed by atoms with van der Waals surface area (Å²) in [6, 6.07) is 8.90. The van der Waals surface area contributed by atoms with Gasteiger partial charge in [-0.2, -0.15) is 0 Å². The quantitative estimate of drug-likeness (QED) is 0.794. The molecule has 2 heterocycles. The fourth-order valence-corrected chi connectivity index (χ4v) is 3.21. The Morgan fingerprint density at radius 2 is 2.05 bits per heavy atom. The fourth-order valence-electron chi connectivity index (χ4n) is 2.06. The van der Waals surface area contributed by atoms with Gasteiger partial charge in [0.1, 0.15) is 12.3 Å². The maximum Gasteiger partial charge on any atom is 0.169 e. The van der Waals surface area contributed by atoms with Gasteiger partial charge in [0.25, 0.3) is 0 Å². The van der Waals surface area contributed by atoms with E-state index in [0.29, 0.717) is 5.02 Å². The maximum atomic E-state index is 11.3. The van der Waals surface area contributed by atoms with Crippen molar-refractivity contribution in [3.05, 3.63) is 53.3 Å². The second-order valence-corrected chi connectivity index (χ2v) is 5.99. The molecule has 1 aliphatic rings. The van der Waals surface area contributed by atoms with Crippen LogP contribution in [-0.4, -0.2) is 23.5 Å². The van der Waals surface area contributed by atoms with E-state index < -0.39 is 6.04 Å². The van der Waals surface area contributed by atoms with Crippen LogP contribution < -0.4 is 4.90 Å². The average molecular weight is 318 g/mol. The van der Waals surface area contributed by atoms with Gasteiger partial charge in [-0.05, 0) is 30.3 Å². The predicted molar refractivity (Wildman–Crippen MR) is 86.2 cm³/mol. The number of pyridine rings is 1. The molecule has 0 fully saturated rings. The van der Waals surface area contributed by atoms with E-state index in [1.807, 2.05) is 42.3 Å². The van der Waals surface area contributed by atoms with E-state index in [9.17, 15) is 4.79 Å². The highest BCUT2D eigenvalue weighted by atomic mass is 35.5. The summed E-state index contributed by atoms with van der Waals surface area (Å²) in [7, 11) is 1.92. The molecule has 6 heteroatoms. The van der Waals surface area contributed by atoms with Crippen LogP contribution in [-0.2, 0) is 4.79 Å². The summed E-state index contributed by atoms with van der Waals surface area (Å²) in [6.07, 6.45) is 4.26. The van der Waals surface area contributed by atoms with Crippen molar-refractivity contribution in [2.45, 2.75) is 10.9 Å². The van der Waals surface area contributed by atoms with E-state index in [1.165, 1.54) is 11.8 Å². The Hall–Kier alpha value is -1.85. The van der Waals surface area contributed by atoms with Crippen molar-refractivity contribution >= 4 is 40.5 Å². The summed E-state index contributed by atoms with van der Waals surface area (Å²) >= 11 is 7.43. The van der Waals surface area contributed by atoms with Crippen molar-refractivity contribution < 1.29 is 4.79 Å². The number of carbonyl (C=O) groups excluding carboxylic acids is 1. The fraction of sp³-hybridized carbons (Fsp3) is 0.133. The number of hydrogen-bond donors (Lipinski definition) is 0. The van der Waals surface area contributed by atoms with Crippen molar-refractivity contribution in [3.8, 4) is 0 Å². The van der Waals surface area contributed by atoms with Crippen molar-refractivity contribution in [1.82, 2.24) is 4.98 Å². The van der Waals surface area contributed by atoms with Crippen LogP contribution in [0, 0.1) is 0 Å². The van der Waals surface area contributed by atoms with Crippen molar-refractivity contribution in [2.24, 2.45) is 4.99 Å². The van der Waals surface area contributed by atoms with E-state index in [2.05, 4.69) is 9.98 Å². The van der Waals surface area contributed by atoms with Gasteiger partial charge in [0.2, 0.25) is 0 Å². The molecule has 1 atom stereocenters. The standard InChI is InChI=1S/C15H12ClN3OS/c1-19(11-4-2-10(16)3-5-11)15-18-13(9-20)12-8-17-7-6-14(12)21-15/h2-9,13H,1H3. The molecule has 1 aromatic carbocycles. The number of aromatic nitrogens is 1. The lowest BCUT2D eigenvalue weighted by Crippen LogP contribution is -2.26. The van der Waals surface area contributed by atoms with Gasteiger partial charge >= 0.3 is 0 Å². The van der Waals surface area contributed by atoms with Gasteiger partial charge in [-0.15, -0.1) is 0 Å². The summed E-state index contributed by atoms with van der Waals surface area (Å²) in [5.74, 6) is 0. The summed E-state index contributed by atoms with van der Waals surface area (Å²) in [4.78, 5) is 22.8. The largest absolute Gasteiger partial charge is 0.324 e. The van der Waals surface area contributed by atoms with Gasteiger partial charge in [-0.3, -0.25) is 4.98 Å². The lowest BCUT2D eigenvalue weighted by atomic mass is 10.1. The van der Waals surface area contributed by atoms with Crippen molar-refractivity contribution in [3.63, 3.8) is 0 Å². The molecule has 0 bridgehead atoms. The highest BCUT2D eigenvalue weighted by molar-refractivity contribution is 8.14. The smallest absolute Gasteiger partial charge is 0.169 e. The molecule has 0 saturated heterocycles. The van der Waals surface area contributed by atoms with Gasteiger partial charge in [-0.1, -0.05) is 23.4 Å². The number of benzene rings is 1. The van der Waals surface area contributed by atoms with Gasteiger partial charge in [-0.25, -0.2) is 4.99 Å². The molecule has 1 aromatic heterocycles. The number of fused-ring (bicyclic) bond motifs is 1. The van der Waals surface area contributed by atoms with Crippen LogP contribution in [0.4, 0.5) is 5.69 Å². The first-order chi connectivity index (χ1) is 10.2. The molecule has 106 valence electrons. The summed E-state index contributed by atoms with van der Waals surface area (Å²) in [6.45, 7) is 0. The first-order valence-corrected chi connectivity index (χ1v) is 7.52. The Labute approximate surface area is 131 Å². The third-order valence-corrected chi connectivity index (χ3v) is 4.61. The number of nitrogens with zero attached hydrogens (tertiary/aromatic N) is 3. The zero-order valence-corrected chi connectivity index (χ0v) is 12.8. The molecule has 0 aliphatic carbocycles. The van der Waals surface area contributed by atoms with Crippen LogP contribution in [0.2, 0.25) is 5.02 Å². The number of aldehydes is 1. The molecule has 0 saturated carbocycles. The predicted octanol–water partition coefficient (Wildman–Crippen LogP) is 3.57. The minimum atomic E-state index is -0.500. The number of halogens is 1. The number of anilines is 1. The van der Waals surface area contributed by atoms with Crippen molar-refractivity contribution in [1.29, 1.82) is 0 Å². The second-order valence-electron chi connectivity index (χ2n) is 4.54. The van der Waals surface area contributed by atoms with Crippen LogP contribution in [0.3, 0.4) is 0 Å². The zero-order valence-electron chi connectivity index (χ0n) is 11.2. The topological polar surface area (TPSA) is 45.6 Å². The Bertz CT molecular complexity index is 702. The van der Waals surface area contributed by atoms with Crippen LogP contribution in [0.15, 0.2) is 52.6 Å². The number of rotatable bonds is 2. The Morgan fingerprint density at radius 3 is 2.76 bits per heavy atom. The van der Waals surface area contributed by atoms with Crippen LogP contribution in [0.5, 0.6) is 0 Å². The first-order valence-electron chi connectivity index (χ1n) is 6.33. The molecule has 4 nitrogen and oxygen atoms in total. The minimum Gasteiger partial charge on any atom is -0.324 e. The molecule has 0 spiro atoms. The Balaban J connectivity index is 1.94. The summed E-state index contributed by atoms with van der Waals surface area (Å²) in [5, 5.41) is 1.46. The number of hydrogen-bond acceptors (Lipinski definition) is 5. The zero-order chi connectivity index (χ0) is 14.8. The number of aliphatic imine (C=N–C) groups is 1. The molecular formula is C15H12ClN3OS. The van der Waals surface area contributed by atoms with Crippen LogP contribution in [0.1, 0.15) is 11.6 Å². The third-order valence-electron chi connectivity index (χ3n) is 3.21.